The average Bonchev–Trinajstić information content (AvgIpc) is 1.88. The zero-order valence-electron chi connectivity index (χ0n) is 4.34. The summed E-state index contributed by atoms with van der Waals surface area (Å²) in [7, 11) is 0. The SMILES string of the molecule is ON=CC(C=NO)=NO. The van der Waals surface area contributed by atoms with Crippen LogP contribution in [0, 0.1) is 0 Å². The van der Waals surface area contributed by atoms with E-state index in [1.54, 1.807) is 0 Å². The lowest BCUT2D eigenvalue weighted by atomic mass is 10.4. The summed E-state index contributed by atoms with van der Waals surface area (Å²) in [5, 5.41) is 31.2. The molecular weight excluding hydrogens is 126 g/mol. The first-order chi connectivity index (χ1) is 4.35. The standard InChI is InChI=1S/C3H5N3O3/c7-4-1-3(6-9)2-5-8/h1-2,7-9H. The molecule has 9 heavy (non-hydrogen) atoms. The Morgan fingerprint density at radius 3 is 1.67 bits per heavy atom. The zero-order chi connectivity index (χ0) is 7.11. The van der Waals surface area contributed by atoms with Gasteiger partial charge in [-0.05, 0) is 0 Å². The van der Waals surface area contributed by atoms with Gasteiger partial charge in [0.05, 0.1) is 12.4 Å². The first kappa shape index (κ1) is 7.41. The van der Waals surface area contributed by atoms with Crippen LogP contribution in [0.3, 0.4) is 0 Å². The van der Waals surface area contributed by atoms with Gasteiger partial charge in [-0.2, -0.15) is 0 Å². The highest BCUT2D eigenvalue weighted by atomic mass is 16.4. The van der Waals surface area contributed by atoms with Gasteiger partial charge in [0.2, 0.25) is 0 Å². The van der Waals surface area contributed by atoms with Gasteiger partial charge in [0.25, 0.3) is 0 Å². The van der Waals surface area contributed by atoms with Crippen molar-refractivity contribution < 1.29 is 15.6 Å². The van der Waals surface area contributed by atoms with Crippen LogP contribution in [0.4, 0.5) is 0 Å². The maximum Gasteiger partial charge on any atom is 0.145 e. The summed E-state index contributed by atoms with van der Waals surface area (Å²) in [6.07, 6.45) is 1.61. The third kappa shape index (κ3) is 3.03. The van der Waals surface area contributed by atoms with E-state index in [1.807, 2.05) is 0 Å². The second-order valence-electron chi connectivity index (χ2n) is 1.01. The van der Waals surface area contributed by atoms with Crippen molar-refractivity contribution >= 4 is 18.1 Å². The number of hydrogen-bond acceptors (Lipinski definition) is 6. The molecule has 0 radical (unpaired) electrons. The van der Waals surface area contributed by atoms with E-state index in [0.29, 0.717) is 0 Å². The summed E-state index contributed by atoms with van der Waals surface area (Å²) in [6, 6.07) is 0. The normalized spacial score (nSPS) is 10.7. The smallest absolute Gasteiger partial charge is 0.145 e. The highest BCUT2D eigenvalue weighted by Crippen LogP contribution is 1.66. The molecule has 0 spiro atoms. The molecular formula is C3H5N3O3. The molecule has 0 aliphatic heterocycles. The van der Waals surface area contributed by atoms with Gasteiger partial charge >= 0.3 is 0 Å². The van der Waals surface area contributed by atoms with Crippen LogP contribution in [-0.4, -0.2) is 33.8 Å². The number of rotatable bonds is 2. The van der Waals surface area contributed by atoms with Gasteiger partial charge in [0.15, 0.2) is 0 Å². The van der Waals surface area contributed by atoms with Gasteiger partial charge in [-0.1, -0.05) is 15.5 Å². The molecule has 0 aromatic carbocycles. The summed E-state index contributed by atoms with van der Waals surface area (Å²) in [6.45, 7) is 0. The van der Waals surface area contributed by atoms with Crippen LogP contribution < -0.4 is 0 Å². The third-order valence-corrected chi connectivity index (χ3v) is 0.495. The number of oxime groups is 3. The fraction of sp³-hybridized carbons (Fsp3) is 0. The summed E-state index contributed by atoms with van der Waals surface area (Å²) in [4.78, 5) is 0. The molecule has 0 rings (SSSR count). The molecule has 6 nitrogen and oxygen atoms in total. The lowest BCUT2D eigenvalue weighted by Gasteiger charge is -1.80. The molecule has 0 atom stereocenters. The average molecular weight is 131 g/mol. The first-order valence-corrected chi connectivity index (χ1v) is 1.92. The molecule has 50 valence electrons. The van der Waals surface area contributed by atoms with Crippen LogP contribution in [0.15, 0.2) is 15.5 Å². The number of hydrogen-bond donors (Lipinski definition) is 3. The van der Waals surface area contributed by atoms with E-state index in [9.17, 15) is 0 Å². The van der Waals surface area contributed by atoms with Crippen molar-refractivity contribution in [3.8, 4) is 0 Å². The van der Waals surface area contributed by atoms with Crippen molar-refractivity contribution in [3.05, 3.63) is 0 Å². The quantitative estimate of drug-likeness (QED) is 0.273. The van der Waals surface area contributed by atoms with Gasteiger partial charge in [0, 0.05) is 0 Å². The highest BCUT2D eigenvalue weighted by molar-refractivity contribution is 6.55. The lowest BCUT2D eigenvalue weighted by Crippen LogP contribution is -2.00. The minimum absolute atomic E-state index is 0.153. The van der Waals surface area contributed by atoms with Crippen LogP contribution in [-0.2, 0) is 0 Å². The fourth-order valence-electron chi connectivity index (χ4n) is 0.203. The molecule has 0 unspecified atom stereocenters. The van der Waals surface area contributed by atoms with Gasteiger partial charge in [-0.25, -0.2) is 0 Å². The number of nitrogens with zero attached hydrogens (tertiary/aromatic N) is 3. The van der Waals surface area contributed by atoms with E-state index in [1.165, 1.54) is 0 Å². The van der Waals surface area contributed by atoms with Crippen LogP contribution >= 0.6 is 0 Å². The van der Waals surface area contributed by atoms with Gasteiger partial charge in [0.1, 0.15) is 5.71 Å². The topological polar surface area (TPSA) is 97.8 Å². The van der Waals surface area contributed by atoms with E-state index in [0.717, 1.165) is 12.4 Å². The molecule has 0 aromatic heterocycles. The molecule has 0 heterocycles. The van der Waals surface area contributed by atoms with E-state index in [4.69, 9.17) is 15.6 Å². The van der Waals surface area contributed by atoms with E-state index >= 15 is 0 Å². The van der Waals surface area contributed by atoms with Crippen LogP contribution in [0.25, 0.3) is 0 Å². The monoisotopic (exact) mass is 131 g/mol. The first-order valence-electron chi connectivity index (χ1n) is 1.92. The van der Waals surface area contributed by atoms with Crippen molar-refractivity contribution in [2.45, 2.75) is 0 Å². The predicted octanol–water partition coefficient (Wildman–Crippen LogP) is -0.263. The highest BCUT2D eigenvalue weighted by Gasteiger charge is 1.87. The Hall–Kier alpha value is -1.59. The maximum atomic E-state index is 7.97. The molecule has 6 heteroatoms. The van der Waals surface area contributed by atoms with Gasteiger partial charge in [-0.15, -0.1) is 0 Å². The second kappa shape index (κ2) is 4.57. The Kier molecular flexibility index (Phi) is 3.76. The summed E-state index contributed by atoms with van der Waals surface area (Å²) in [5.41, 5.74) is -0.153. The Bertz CT molecular complexity index is 136. The molecule has 0 saturated carbocycles. The molecule has 0 saturated heterocycles. The van der Waals surface area contributed by atoms with Crippen LogP contribution in [0.5, 0.6) is 0 Å². The minimum atomic E-state index is -0.153. The largest absolute Gasteiger partial charge is 0.411 e. The molecule has 0 amide bonds. The van der Waals surface area contributed by atoms with Crippen molar-refractivity contribution in [2.24, 2.45) is 15.5 Å². The Balaban J connectivity index is 4.01. The Labute approximate surface area is 50.4 Å². The molecule has 0 fully saturated rings. The van der Waals surface area contributed by atoms with Crippen molar-refractivity contribution in [1.29, 1.82) is 0 Å². The summed E-state index contributed by atoms with van der Waals surface area (Å²) < 4.78 is 0. The van der Waals surface area contributed by atoms with Gasteiger partial charge < -0.3 is 15.6 Å². The fourth-order valence-corrected chi connectivity index (χ4v) is 0.203. The summed E-state index contributed by atoms with van der Waals surface area (Å²) in [5.74, 6) is 0. The Morgan fingerprint density at radius 1 is 1.00 bits per heavy atom. The van der Waals surface area contributed by atoms with Crippen molar-refractivity contribution in [3.63, 3.8) is 0 Å². The minimum Gasteiger partial charge on any atom is -0.411 e. The molecule has 3 N–H and O–H groups in total. The summed E-state index contributed by atoms with van der Waals surface area (Å²) >= 11 is 0. The zero-order valence-corrected chi connectivity index (χ0v) is 4.34. The molecule has 0 aliphatic carbocycles. The van der Waals surface area contributed by atoms with Crippen LogP contribution in [0.2, 0.25) is 0 Å². The molecule has 0 aromatic rings. The van der Waals surface area contributed by atoms with E-state index in [-0.39, 0.29) is 5.71 Å². The second-order valence-corrected chi connectivity index (χ2v) is 1.01. The van der Waals surface area contributed by atoms with Crippen molar-refractivity contribution in [2.75, 3.05) is 0 Å². The predicted molar refractivity (Wildman–Crippen MR) is 29.8 cm³/mol. The van der Waals surface area contributed by atoms with E-state index in [2.05, 4.69) is 15.5 Å². The van der Waals surface area contributed by atoms with Crippen molar-refractivity contribution in [1.82, 2.24) is 0 Å². The molecule has 0 aliphatic rings. The van der Waals surface area contributed by atoms with Gasteiger partial charge in [-0.3, -0.25) is 0 Å². The van der Waals surface area contributed by atoms with E-state index < -0.39 is 0 Å². The third-order valence-electron chi connectivity index (χ3n) is 0.495. The maximum absolute atomic E-state index is 7.97. The molecule has 0 bridgehead atoms. The lowest BCUT2D eigenvalue weighted by molar-refractivity contribution is 0.314. The Morgan fingerprint density at radius 2 is 1.44 bits per heavy atom. The van der Waals surface area contributed by atoms with Crippen LogP contribution in [0.1, 0.15) is 0 Å².